The van der Waals surface area contributed by atoms with E-state index in [2.05, 4.69) is 10.5 Å². The first-order valence-electron chi connectivity index (χ1n) is 5.99. The second-order valence-electron chi connectivity index (χ2n) is 4.28. The Morgan fingerprint density at radius 2 is 2.10 bits per heavy atom. The van der Waals surface area contributed by atoms with Crippen LogP contribution in [0.3, 0.4) is 0 Å². The van der Waals surface area contributed by atoms with Crippen LogP contribution in [0.4, 0.5) is 0 Å². The van der Waals surface area contributed by atoms with Gasteiger partial charge in [0.05, 0.1) is 10.2 Å². The van der Waals surface area contributed by atoms with Crippen LogP contribution in [-0.4, -0.2) is 19.2 Å². The molecule has 0 saturated heterocycles. The summed E-state index contributed by atoms with van der Waals surface area (Å²) in [6.07, 6.45) is 2.02. The Hall–Kier alpha value is -1.09. The van der Waals surface area contributed by atoms with Gasteiger partial charge < -0.3 is 4.57 Å². The number of aryl methyl sites for hydroxylation is 1. The molecular formula is C13H12N2O2S4. The summed E-state index contributed by atoms with van der Waals surface area (Å²) < 4.78 is 31.6. The molecule has 0 atom stereocenters. The molecule has 0 aliphatic rings. The average Bonchev–Trinajstić information content (AvgIpc) is 3.08. The predicted octanol–water partition coefficient (Wildman–Crippen LogP) is 3.31. The third-order valence-electron chi connectivity index (χ3n) is 2.96. The second-order valence-corrected chi connectivity index (χ2v) is 8.94. The quantitative estimate of drug-likeness (QED) is 0.677. The van der Waals surface area contributed by atoms with Crippen LogP contribution in [0.5, 0.6) is 0 Å². The Morgan fingerprint density at radius 3 is 2.76 bits per heavy atom. The molecule has 0 fully saturated rings. The molecule has 0 N–H and O–H groups in total. The molecule has 0 aliphatic heterocycles. The molecule has 0 aliphatic carbocycles. The topological polar surface area (TPSA) is 51.4 Å². The Morgan fingerprint density at radius 1 is 1.29 bits per heavy atom. The van der Waals surface area contributed by atoms with Crippen molar-refractivity contribution in [1.82, 2.24) is 4.57 Å². The summed E-state index contributed by atoms with van der Waals surface area (Å²) in [5.74, 6) is 0. The summed E-state index contributed by atoms with van der Waals surface area (Å²) >= 11 is 4.22. The highest BCUT2D eigenvalue weighted by molar-refractivity contribution is 7.98. The van der Waals surface area contributed by atoms with E-state index in [9.17, 15) is 8.42 Å². The second kappa shape index (κ2) is 5.60. The Labute approximate surface area is 134 Å². The van der Waals surface area contributed by atoms with Crippen molar-refractivity contribution in [2.75, 3.05) is 6.26 Å². The van der Waals surface area contributed by atoms with E-state index in [4.69, 9.17) is 0 Å². The molecule has 8 heteroatoms. The molecule has 3 rings (SSSR count). The first kappa shape index (κ1) is 14.8. The van der Waals surface area contributed by atoms with Gasteiger partial charge in [0.2, 0.25) is 4.80 Å². The van der Waals surface area contributed by atoms with E-state index in [1.54, 1.807) is 29.3 Å². The fourth-order valence-corrected chi connectivity index (χ4v) is 5.66. The highest BCUT2D eigenvalue weighted by Gasteiger charge is 2.14. The lowest BCUT2D eigenvalue weighted by Gasteiger charge is -1.97. The standard InChI is InChI=1S/C13H12N2O2S4/c1-15-10-6-5-9(18-2)8-11(10)20-13(15)14-21(16,17)12-4-3-7-19-12/h3-8H,1-2H3/b14-13-. The molecule has 0 bridgehead atoms. The highest BCUT2D eigenvalue weighted by Crippen LogP contribution is 2.24. The molecule has 0 radical (unpaired) electrons. The van der Waals surface area contributed by atoms with Gasteiger partial charge in [-0.25, -0.2) is 0 Å². The number of benzene rings is 1. The van der Waals surface area contributed by atoms with E-state index in [1.165, 1.54) is 22.7 Å². The zero-order valence-corrected chi connectivity index (χ0v) is 14.6. The number of thiophene rings is 1. The van der Waals surface area contributed by atoms with Crippen LogP contribution in [0.15, 0.2) is 49.2 Å². The van der Waals surface area contributed by atoms with Crippen LogP contribution < -0.4 is 4.80 Å². The number of nitrogens with zero attached hydrogens (tertiary/aromatic N) is 2. The van der Waals surface area contributed by atoms with Crippen LogP contribution >= 0.6 is 34.4 Å². The lowest BCUT2D eigenvalue weighted by atomic mass is 10.3. The Bertz CT molecular complexity index is 950. The van der Waals surface area contributed by atoms with Crippen LogP contribution in [0.2, 0.25) is 0 Å². The van der Waals surface area contributed by atoms with E-state index >= 15 is 0 Å². The maximum atomic E-state index is 12.2. The fourth-order valence-electron chi connectivity index (χ4n) is 1.89. The molecule has 0 saturated carbocycles. The molecule has 0 unspecified atom stereocenters. The van der Waals surface area contributed by atoms with E-state index in [-0.39, 0.29) is 4.21 Å². The number of thioether (sulfide) groups is 1. The molecule has 2 heterocycles. The van der Waals surface area contributed by atoms with Gasteiger partial charge >= 0.3 is 0 Å². The minimum absolute atomic E-state index is 0.268. The van der Waals surface area contributed by atoms with Gasteiger partial charge in [-0.15, -0.1) is 27.5 Å². The number of rotatable bonds is 3. The minimum atomic E-state index is -3.63. The summed E-state index contributed by atoms with van der Waals surface area (Å²) in [6, 6.07) is 9.36. The average molecular weight is 357 g/mol. The molecule has 4 nitrogen and oxygen atoms in total. The van der Waals surface area contributed by atoms with Crippen LogP contribution in [0, 0.1) is 0 Å². The summed E-state index contributed by atoms with van der Waals surface area (Å²) in [4.78, 5) is 1.63. The van der Waals surface area contributed by atoms with Crippen molar-refractivity contribution in [2.24, 2.45) is 11.4 Å². The molecular weight excluding hydrogens is 344 g/mol. The third-order valence-corrected chi connectivity index (χ3v) is 7.54. The SMILES string of the molecule is CSc1ccc2c(c1)s/c(=N\S(=O)(=O)c1cccs1)n2C. The molecule has 1 aromatic carbocycles. The van der Waals surface area contributed by atoms with Crippen LogP contribution in [-0.2, 0) is 17.1 Å². The lowest BCUT2D eigenvalue weighted by molar-refractivity contribution is 0.598. The maximum absolute atomic E-state index is 12.2. The number of thiazole rings is 1. The van der Waals surface area contributed by atoms with Gasteiger partial charge in [-0.05, 0) is 35.9 Å². The number of hydrogen-bond donors (Lipinski definition) is 0. The van der Waals surface area contributed by atoms with Crippen LogP contribution in [0.25, 0.3) is 10.2 Å². The largest absolute Gasteiger partial charge is 0.319 e. The smallest absolute Gasteiger partial charge is 0.294 e. The van der Waals surface area contributed by atoms with E-state index in [0.717, 1.165) is 15.1 Å². The first-order valence-corrected chi connectivity index (χ1v) is 10.4. The van der Waals surface area contributed by atoms with Crippen molar-refractivity contribution in [3.8, 4) is 0 Å². The van der Waals surface area contributed by atoms with E-state index in [1.807, 2.05) is 30.0 Å². The maximum Gasteiger partial charge on any atom is 0.294 e. The molecule has 3 aromatic rings. The van der Waals surface area contributed by atoms with Crippen LogP contribution in [0.1, 0.15) is 0 Å². The monoisotopic (exact) mass is 356 g/mol. The molecule has 21 heavy (non-hydrogen) atoms. The number of fused-ring (bicyclic) bond motifs is 1. The van der Waals surface area contributed by atoms with E-state index in [0.29, 0.717) is 4.80 Å². The van der Waals surface area contributed by atoms with Crippen molar-refractivity contribution >= 4 is 54.7 Å². The van der Waals surface area contributed by atoms with Gasteiger partial charge in [0, 0.05) is 11.9 Å². The normalized spacial score (nSPS) is 13.1. The molecule has 0 spiro atoms. The zero-order valence-electron chi connectivity index (χ0n) is 11.3. The third kappa shape index (κ3) is 2.80. The zero-order chi connectivity index (χ0) is 15.0. The summed E-state index contributed by atoms with van der Waals surface area (Å²) in [6.45, 7) is 0. The summed E-state index contributed by atoms with van der Waals surface area (Å²) in [7, 11) is -1.79. The Balaban J connectivity index is 2.21. The summed E-state index contributed by atoms with van der Waals surface area (Å²) in [5, 5.41) is 1.73. The van der Waals surface area contributed by atoms with Crippen molar-refractivity contribution in [3.05, 3.63) is 40.5 Å². The van der Waals surface area contributed by atoms with Gasteiger partial charge in [0.1, 0.15) is 4.21 Å². The predicted molar refractivity (Wildman–Crippen MR) is 89.6 cm³/mol. The van der Waals surface area contributed by atoms with Crippen molar-refractivity contribution in [2.45, 2.75) is 9.10 Å². The minimum Gasteiger partial charge on any atom is -0.319 e. The lowest BCUT2D eigenvalue weighted by Crippen LogP contribution is -2.13. The van der Waals surface area contributed by atoms with Crippen molar-refractivity contribution < 1.29 is 8.42 Å². The van der Waals surface area contributed by atoms with Gasteiger partial charge in [-0.1, -0.05) is 17.4 Å². The number of aromatic nitrogens is 1. The molecule has 110 valence electrons. The van der Waals surface area contributed by atoms with Gasteiger partial charge in [0.25, 0.3) is 10.0 Å². The fraction of sp³-hybridized carbons (Fsp3) is 0.154. The van der Waals surface area contributed by atoms with Gasteiger partial charge in [0.15, 0.2) is 0 Å². The summed E-state index contributed by atoms with van der Waals surface area (Å²) in [5.41, 5.74) is 0.984. The molecule has 0 amide bonds. The van der Waals surface area contributed by atoms with E-state index < -0.39 is 10.0 Å². The number of hydrogen-bond acceptors (Lipinski definition) is 5. The highest BCUT2D eigenvalue weighted by atomic mass is 32.2. The van der Waals surface area contributed by atoms with Crippen molar-refractivity contribution in [3.63, 3.8) is 0 Å². The molecule has 2 aromatic heterocycles. The Kier molecular flexibility index (Phi) is 3.96. The van der Waals surface area contributed by atoms with Gasteiger partial charge in [-0.2, -0.15) is 8.42 Å². The van der Waals surface area contributed by atoms with Crippen molar-refractivity contribution in [1.29, 1.82) is 0 Å². The first-order chi connectivity index (χ1) is 10.0. The van der Waals surface area contributed by atoms with Gasteiger partial charge in [-0.3, -0.25) is 0 Å². The number of sulfonamides is 1.